The Bertz CT molecular complexity index is 669. The normalized spacial score (nSPS) is 10.1. The summed E-state index contributed by atoms with van der Waals surface area (Å²) in [7, 11) is 3.10. The number of likely N-dealkylation sites (N-methyl/N-ethyl adjacent to an activating group) is 1. The van der Waals surface area contributed by atoms with Gasteiger partial charge in [-0.3, -0.25) is 9.59 Å². The fourth-order valence-corrected chi connectivity index (χ4v) is 2.43. The molecule has 0 unspecified atom stereocenters. The number of amides is 2. The lowest BCUT2D eigenvalue weighted by atomic mass is 10.3. The average Bonchev–Trinajstić information content (AvgIpc) is 2.95. The Morgan fingerprint density at radius 2 is 2.05 bits per heavy atom. The summed E-state index contributed by atoms with van der Waals surface area (Å²) in [5, 5.41) is 5.31. The Hall–Kier alpha value is -2.61. The lowest BCUT2D eigenvalue weighted by molar-refractivity contribution is -0.118. The predicted molar refractivity (Wildman–Crippen MR) is 84.5 cm³/mol. The molecule has 0 fully saturated rings. The minimum atomic E-state index is -0.567. The van der Waals surface area contributed by atoms with Crippen molar-refractivity contribution in [1.29, 1.82) is 0 Å². The molecule has 2 amide bonds. The van der Waals surface area contributed by atoms with Gasteiger partial charge >= 0.3 is 0 Å². The molecule has 116 valence electrons. The third-order valence-electron chi connectivity index (χ3n) is 2.80. The number of nitrogens with one attached hydrogen (secondary N) is 1. The summed E-state index contributed by atoms with van der Waals surface area (Å²) in [5.74, 6) is -0.158. The molecule has 22 heavy (non-hydrogen) atoms. The first-order valence-electron chi connectivity index (χ1n) is 6.40. The predicted octanol–water partition coefficient (Wildman–Crippen LogP) is 1.45. The van der Waals surface area contributed by atoms with Gasteiger partial charge in [-0.2, -0.15) is 0 Å². The Balaban J connectivity index is 2.04. The topological polar surface area (TPSA) is 97.6 Å². The van der Waals surface area contributed by atoms with E-state index >= 15 is 0 Å². The molecule has 0 aliphatic carbocycles. The lowest BCUT2D eigenvalue weighted by Gasteiger charge is -2.12. The van der Waals surface area contributed by atoms with Gasteiger partial charge in [-0.1, -0.05) is 0 Å². The van der Waals surface area contributed by atoms with Gasteiger partial charge in [0.1, 0.15) is 11.4 Å². The van der Waals surface area contributed by atoms with Crippen LogP contribution in [0.25, 0.3) is 0 Å². The first-order valence-corrected chi connectivity index (χ1v) is 7.28. The van der Waals surface area contributed by atoms with Crippen molar-refractivity contribution in [1.82, 2.24) is 9.88 Å². The van der Waals surface area contributed by atoms with E-state index in [0.717, 1.165) is 11.4 Å². The van der Waals surface area contributed by atoms with Gasteiger partial charge in [0.05, 0.1) is 13.7 Å². The largest absolute Gasteiger partial charge is 0.497 e. The first-order chi connectivity index (χ1) is 10.5. The number of thiazole rings is 1. The van der Waals surface area contributed by atoms with Gasteiger partial charge in [0.2, 0.25) is 5.91 Å². The molecule has 1 aromatic heterocycles. The summed E-state index contributed by atoms with van der Waals surface area (Å²) in [5.41, 5.74) is 6.17. The van der Waals surface area contributed by atoms with Gasteiger partial charge < -0.3 is 20.7 Å². The maximum atomic E-state index is 12.0. The SMILES string of the molecule is COc1ccc(Nc2nc(C(=O)N(C)CC(N)=O)cs2)cc1. The number of carbonyl (C=O) groups excluding carboxylic acids is 2. The van der Waals surface area contributed by atoms with Crippen LogP contribution in [-0.4, -0.2) is 42.4 Å². The van der Waals surface area contributed by atoms with E-state index in [-0.39, 0.29) is 18.1 Å². The van der Waals surface area contributed by atoms with Crippen molar-refractivity contribution in [3.05, 3.63) is 35.3 Å². The molecule has 0 spiro atoms. The van der Waals surface area contributed by atoms with Crippen LogP contribution < -0.4 is 15.8 Å². The van der Waals surface area contributed by atoms with Gasteiger partial charge in [-0.15, -0.1) is 11.3 Å². The van der Waals surface area contributed by atoms with E-state index in [1.807, 2.05) is 24.3 Å². The standard InChI is InChI=1S/C14H16N4O3S/c1-18(7-12(15)19)13(20)11-8-22-14(17-11)16-9-3-5-10(21-2)6-4-9/h3-6,8H,7H2,1-2H3,(H2,15,19)(H,16,17). The smallest absolute Gasteiger partial charge is 0.273 e. The Labute approximate surface area is 131 Å². The maximum absolute atomic E-state index is 12.0. The van der Waals surface area contributed by atoms with Gasteiger partial charge in [0.25, 0.3) is 5.91 Å². The van der Waals surface area contributed by atoms with E-state index < -0.39 is 5.91 Å². The Kier molecular flexibility index (Phi) is 4.95. The number of carbonyl (C=O) groups is 2. The molecule has 0 bridgehead atoms. The molecule has 1 heterocycles. The van der Waals surface area contributed by atoms with Gasteiger partial charge in [-0.05, 0) is 24.3 Å². The highest BCUT2D eigenvalue weighted by Crippen LogP contribution is 2.23. The van der Waals surface area contributed by atoms with Gasteiger partial charge in [0.15, 0.2) is 5.13 Å². The highest BCUT2D eigenvalue weighted by atomic mass is 32.1. The minimum Gasteiger partial charge on any atom is -0.497 e. The molecule has 2 aromatic rings. The van der Waals surface area contributed by atoms with Crippen molar-refractivity contribution >= 4 is 34.0 Å². The number of hydrogen-bond acceptors (Lipinski definition) is 6. The summed E-state index contributed by atoms with van der Waals surface area (Å²) in [6.07, 6.45) is 0. The van der Waals surface area contributed by atoms with E-state index in [1.165, 1.54) is 23.3 Å². The number of nitrogens with two attached hydrogens (primary N) is 1. The van der Waals surface area contributed by atoms with Gasteiger partial charge in [-0.25, -0.2) is 4.98 Å². The molecule has 0 radical (unpaired) electrons. The number of aromatic nitrogens is 1. The molecule has 0 saturated carbocycles. The molecule has 0 saturated heterocycles. The quantitative estimate of drug-likeness (QED) is 0.839. The third-order valence-corrected chi connectivity index (χ3v) is 3.56. The van der Waals surface area contributed by atoms with Crippen LogP contribution in [0.5, 0.6) is 5.75 Å². The second-order valence-corrected chi connectivity index (χ2v) is 5.38. The zero-order valence-electron chi connectivity index (χ0n) is 12.2. The molecule has 2 rings (SSSR count). The monoisotopic (exact) mass is 320 g/mol. The summed E-state index contributed by atoms with van der Waals surface area (Å²) in [6, 6.07) is 7.34. The number of methoxy groups -OCH3 is 1. The molecule has 0 aliphatic heterocycles. The zero-order chi connectivity index (χ0) is 16.1. The van der Waals surface area contributed by atoms with E-state index in [4.69, 9.17) is 10.5 Å². The van der Waals surface area contributed by atoms with E-state index in [2.05, 4.69) is 10.3 Å². The minimum absolute atomic E-state index is 0.141. The van der Waals surface area contributed by atoms with Crippen LogP contribution in [-0.2, 0) is 4.79 Å². The van der Waals surface area contributed by atoms with Crippen molar-refractivity contribution in [2.24, 2.45) is 5.73 Å². The van der Waals surface area contributed by atoms with Crippen LogP contribution in [0.2, 0.25) is 0 Å². The number of anilines is 2. The zero-order valence-corrected chi connectivity index (χ0v) is 13.0. The summed E-state index contributed by atoms with van der Waals surface area (Å²) in [6.45, 7) is -0.141. The number of hydrogen-bond donors (Lipinski definition) is 2. The second kappa shape index (κ2) is 6.90. The Morgan fingerprint density at radius 1 is 1.36 bits per heavy atom. The summed E-state index contributed by atoms with van der Waals surface area (Å²) < 4.78 is 5.08. The van der Waals surface area contributed by atoms with Crippen molar-refractivity contribution in [3.8, 4) is 5.75 Å². The van der Waals surface area contributed by atoms with Crippen molar-refractivity contribution < 1.29 is 14.3 Å². The number of rotatable bonds is 6. The fraction of sp³-hybridized carbons (Fsp3) is 0.214. The van der Waals surface area contributed by atoms with Crippen molar-refractivity contribution in [3.63, 3.8) is 0 Å². The molecular formula is C14H16N4O3S. The molecule has 3 N–H and O–H groups in total. The van der Waals surface area contributed by atoms with E-state index in [9.17, 15) is 9.59 Å². The van der Waals surface area contributed by atoms with Gasteiger partial charge in [0, 0.05) is 18.1 Å². The molecule has 1 aromatic carbocycles. The maximum Gasteiger partial charge on any atom is 0.273 e. The van der Waals surface area contributed by atoms with Crippen LogP contribution in [0.1, 0.15) is 10.5 Å². The highest BCUT2D eigenvalue weighted by Gasteiger charge is 2.16. The van der Waals surface area contributed by atoms with E-state index in [1.54, 1.807) is 12.5 Å². The second-order valence-electron chi connectivity index (χ2n) is 4.52. The fourth-order valence-electron chi connectivity index (χ4n) is 1.73. The lowest BCUT2D eigenvalue weighted by Crippen LogP contribution is -2.35. The summed E-state index contributed by atoms with van der Waals surface area (Å²) in [4.78, 5) is 28.3. The molecule has 0 aliphatic rings. The van der Waals surface area contributed by atoms with Crippen molar-refractivity contribution in [2.75, 3.05) is 26.0 Å². The number of nitrogens with zero attached hydrogens (tertiary/aromatic N) is 2. The number of primary amides is 1. The van der Waals surface area contributed by atoms with Crippen LogP contribution in [0.15, 0.2) is 29.6 Å². The first kappa shape index (κ1) is 15.8. The molecule has 8 heteroatoms. The highest BCUT2D eigenvalue weighted by molar-refractivity contribution is 7.14. The molecule has 7 nitrogen and oxygen atoms in total. The van der Waals surface area contributed by atoms with E-state index in [0.29, 0.717) is 5.13 Å². The Morgan fingerprint density at radius 3 is 2.64 bits per heavy atom. The van der Waals surface area contributed by atoms with Crippen LogP contribution >= 0.6 is 11.3 Å². The third kappa shape index (κ3) is 3.95. The number of benzene rings is 1. The molecular weight excluding hydrogens is 304 g/mol. The average molecular weight is 320 g/mol. The van der Waals surface area contributed by atoms with Crippen molar-refractivity contribution in [2.45, 2.75) is 0 Å². The van der Waals surface area contributed by atoms with Crippen LogP contribution in [0.4, 0.5) is 10.8 Å². The van der Waals surface area contributed by atoms with Crippen LogP contribution in [0.3, 0.4) is 0 Å². The number of ether oxygens (including phenoxy) is 1. The van der Waals surface area contributed by atoms with Crippen LogP contribution in [0, 0.1) is 0 Å². The molecule has 0 atom stereocenters. The summed E-state index contributed by atoms with van der Waals surface area (Å²) >= 11 is 1.30.